The zero-order valence-electron chi connectivity index (χ0n) is 13.1. The van der Waals surface area contributed by atoms with E-state index in [0.717, 1.165) is 5.75 Å². The lowest BCUT2D eigenvalue weighted by Gasteiger charge is -2.24. The van der Waals surface area contributed by atoms with Crippen LogP contribution in [0.2, 0.25) is 0 Å². The molecule has 0 bridgehead atoms. The van der Waals surface area contributed by atoms with Crippen LogP contribution in [0.25, 0.3) is 0 Å². The lowest BCUT2D eigenvalue weighted by atomic mass is 10.2. The number of carbonyl (C=O) groups is 1. The summed E-state index contributed by atoms with van der Waals surface area (Å²) in [6, 6.07) is 7.99. The van der Waals surface area contributed by atoms with Crippen molar-refractivity contribution in [2.24, 2.45) is 0 Å². The van der Waals surface area contributed by atoms with Gasteiger partial charge in [0.05, 0.1) is 6.04 Å². The van der Waals surface area contributed by atoms with Crippen LogP contribution in [0.15, 0.2) is 24.3 Å². The van der Waals surface area contributed by atoms with E-state index in [1.165, 1.54) is 5.56 Å². The summed E-state index contributed by atoms with van der Waals surface area (Å²) in [6.07, 6.45) is 0. The number of hydrogen-bond acceptors (Lipinski definition) is 3. The molecule has 0 saturated heterocycles. The maximum atomic E-state index is 11.9. The lowest BCUT2D eigenvalue weighted by Crippen LogP contribution is -2.46. The van der Waals surface area contributed by atoms with Crippen molar-refractivity contribution in [2.75, 3.05) is 20.2 Å². The molecule has 0 heterocycles. The fraction of sp³-hybridized carbons (Fsp3) is 0.562. The van der Waals surface area contributed by atoms with E-state index in [1.54, 1.807) is 0 Å². The van der Waals surface area contributed by atoms with Crippen molar-refractivity contribution in [3.05, 3.63) is 29.8 Å². The summed E-state index contributed by atoms with van der Waals surface area (Å²) in [5.41, 5.74) is 1.22. The Morgan fingerprint density at radius 1 is 1.25 bits per heavy atom. The summed E-state index contributed by atoms with van der Waals surface area (Å²) in [7, 11) is 1.93. The van der Waals surface area contributed by atoms with Gasteiger partial charge in [-0.25, -0.2) is 0 Å². The van der Waals surface area contributed by atoms with Crippen LogP contribution < -0.4 is 10.1 Å². The van der Waals surface area contributed by atoms with E-state index in [1.807, 2.05) is 63.9 Å². The normalized spacial score (nSPS) is 12.6. The Kier molecular flexibility index (Phi) is 6.52. The highest BCUT2D eigenvalue weighted by Gasteiger charge is 2.18. The molecule has 1 atom stereocenters. The standard InChI is InChI=1S/C16H26N2O2/c1-12(2)17-16(19)14(4)18(5)10-11-20-15-8-6-13(3)7-9-15/h6-9,12,14H,10-11H2,1-5H3,(H,17,19). The van der Waals surface area contributed by atoms with E-state index >= 15 is 0 Å². The molecular formula is C16H26N2O2. The van der Waals surface area contributed by atoms with Crippen LogP contribution in [0.1, 0.15) is 26.3 Å². The molecule has 0 radical (unpaired) electrons. The number of nitrogens with one attached hydrogen (secondary N) is 1. The highest BCUT2D eigenvalue weighted by molar-refractivity contribution is 5.81. The van der Waals surface area contributed by atoms with Crippen LogP contribution in [0.3, 0.4) is 0 Å². The number of rotatable bonds is 7. The number of hydrogen-bond donors (Lipinski definition) is 1. The van der Waals surface area contributed by atoms with Crippen molar-refractivity contribution in [3.8, 4) is 5.75 Å². The second-order valence-corrected chi connectivity index (χ2v) is 5.48. The average Bonchev–Trinajstić information content (AvgIpc) is 2.39. The Morgan fingerprint density at radius 2 is 1.85 bits per heavy atom. The van der Waals surface area contributed by atoms with E-state index in [2.05, 4.69) is 5.32 Å². The minimum absolute atomic E-state index is 0.0536. The van der Waals surface area contributed by atoms with Gasteiger partial charge in [-0.2, -0.15) is 0 Å². The Bertz CT molecular complexity index is 415. The Labute approximate surface area is 122 Å². The van der Waals surface area contributed by atoms with Gasteiger partial charge in [0.2, 0.25) is 5.91 Å². The quantitative estimate of drug-likeness (QED) is 0.831. The predicted octanol–water partition coefficient (Wildman–Crippen LogP) is 2.22. The van der Waals surface area contributed by atoms with Gasteiger partial charge in [0.1, 0.15) is 12.4 Å². The van der Waals surface area contributed by atoms with Crippen LogP contribution in [-0.2, 0) is 4.79 Å². The number of aryl methyl sites for hydroxylation is 1. The first-order chi connectivity index (χ1) is 9.40. The first-order valence-electron chi connectivity index (χ1n) is 7.10. The summed E-state index contributed by atoms with van der Waals surface area (Å²) in [4.78, 5) is 13.9. The van der Waals surface area contributed by atoms with Crippen LogP contribution in [0.4, 0.5) is 0 Å². The molecule has 1 aromatic rings. The minimum atomic E-state index is -0.154. The maximum Gasteiger partial charge on any atom is 0.237 e. The SMILES string of the molecule is Cc1ccc(OCCN(C)C(C)C(=O)NC(C)C)cc1. The molecule has 1 amide bonds. The number of amides is 1. The number of nitrogens with zero attached hydrogens (tertiary/aromatic N) is 1. The molecule has 1 aromatic carbocycles. The summed E-state index contributed by atoms with van der Waals surface area (Å²) >= 11 is 0. The van der Waals surface area contributed by atoms with Gasteiger partial charge in [-0.3, -0.25) is 9.69 Å². The molecular weight excluding hydrogens is 252 g/mol. The van der Waals surface area contributed by atoms with Gasteiger partial charge < -0.3 is 10.1 Å². The monoisotopic (exact) mass is 278 g/mol. The molecule has 0 fully saturated rings. The van der Waals surface area contributed by atoms with Crippen LogP contribution >= 0.6 is 0 Å². The smallest absolute Gasteiger partial charge is 0.237 e. The second kappa shape index (κ2) is 7.90. The molecule has 0 saturated carbocycles. The third-order valence-electron chi connectivity index (χ3n) is 3.21. The van der Waals surface area contributed by atoms with Crippen molar-refractivity contribution in [3.63, 3.8) is 0 Å². The van der Waals surface area contributed by atoms with Gasteiger partial charge in [0.15, 0.2) is 0 Å². The van der Waals surface area contributed by atoms with Crippen molar-refractivity contribution in [2.45, 2.75) is 39.8 Å². The van der Waals surface area contributed by atoms with Gasteiger partial charge in [-0.1, -0.05) is 17.7 Å². The van der Waals surface area contributed by atoms with Gasteiger partial charge >= 0.3 is 0 Å². The summed E-state index contributed by atoms with van der Waals surface area (Å²) in [5.74, 6) is 0.918. The van der Waals surface area contributed by atoms with Gasteiger partial charge in [-0.05, 0) is 46.9 Å². The van der Waals surface area contributed by atoms with E-state index in [9.17, 15) is 4.79 Å². The summed E-state index contributed by atoms with van der Waals surface area (Å²) in [5, 5.41) is 2.92. The minimum Gasteiger partial charge on any atom is -0.492 e. The molecule has 0 aliphatic heterocycles. The van der Waals surface area contributed by atoms with E-state index < -0.39 is 0 Å². The molecule has 20 heavy (non-hydrogen) atoms. The van der Waals surface area contributed by atoms with Crippen molar-refractivity contribution in [1.82, 2.24) is 10.2 Å². The molecule has 0 aliphatic carbocycles. The molecule has 0 spiro atoms. The third kappa shape index (κ3) is 5.61. The zero-order chi connectivity index (χ0) is 15.1. The van der Waals surface area contributed by atoms with Gasteiger partial charge in [-0.15, -0.1) is 0 Å². The Balaban J connectivity index is 2.33. The zero-order valence-corrected chi connectivity index (χ0v) is 13.1. The van der Waals surface area contributed by atoms with E-state index in [0.29, 0.717) is 13.2 Å². The maximum absolute atomic E-state index is 11.9. The van der Waals surface area contributed by atoms with Gasteiger partial charge in [0.25, 0.3) is 0 Å². The van der Waals surface area contributed by atoms with Crippen molar-refractivity contribution in [1.29, 1.82) is 0 Å². The molecule has 1 rings (SSSR count). The highest BCUT2D eigenvalue weighted by atomic mass is 16.5. The number of ether oxygens (including phenoxy) is 1. The van der Waals surface area contributed by atoms with E-state index in [-0.39, 0.29) is 18.0 Å². The fourth-order valence-corrected chi connectivity index (χ4v) is 1.74. The molecule has 112 valence electrons. The molecule has 4 nitrogen and oxygen atoms in total. The topological polar surface area (TPSA) is 41.6 Å². The average molecular weight is 278 g/mol. The second-order valence-electron chi connectivity index (χ2n) is 5.48. The largest absolute Gasteiger partial charge is 0.492 e. The summed E-state index contributed by atoms with van der Waals surface area (Å²) in [6.45, 7) is 9.16. The number of benzene rings is 1. The van der Waals surface area contributed by atoms with E-state index in [4.69, 9.17) is 4.74 Å². The van der Waals surface area contributed by atoms with Crippen LogP contribution in [0, 0.1) is 6.92 Å². The Hall–Kier alpha value is -1.55. The Morgan fingerprint density at radius 3 is 2.40 bits per heavy atom. The van der Waals surface area contributed by atoms with Crippen molar-refractivity contribution < 1.29 is 9.53 Å². The van der Waals surface area contributed by atoms with Crippen molar-refractivity contribution >= 4 is 5.91 Å². The first kappa shape index (κ1) is 16.5. The molecule has 0 aromatic heterocycles. The molecule has 0 aliphatic rings. The highest BCUT2D eigenvalue weighted by Crippen LogP contribution is 2.11. The lowest BCUT2D eigenvalue weighted by molar-refractivity contribution is -0.126. The molecule has 1 N–H and O–H groups in total. The van der Waals surface area contributed by atoms with Crippen LogP contribution in [-0.4, -0.2) is 43.1 Å². The predicted molar refractivity (Wildman–Crippen MR) is 82.0 cm³/mol. The number of likely N-dealkylation sites (N-methyl/N-ethyl adjacent to an activating group) is 1. The molecule has 1 unspecified atom stereocenters. The van der Waals surface area contributed by atoms with Crippen LogP contribution in [0.5, 0.6) is 5.75 Å². The molecule has 4 heteroatoms. The fourth-order valence-electron chi connectivity index (χ4n) is 1.74. The number of carbonyl (C=O) groups excluding carboxylic acids is 1. The first-order valence-corrected chi connectivity index (χ1v) is 7.10. The van der Waals surface area contributed by atoms with Gasteiger partial charge in [0, 0.05) is 12.6 Å². The third-order valence-corrected chi connectivity index (χ3v) is 3.21. The summed E-state index contributed by atoms with van der Waals surface area (Å²) < 4.78 is 5.67.